The van der Waals surface area contributed by atoms with Crippen molar-refractivity contribution < 1.29 is 0 Å². The van der Waals surface area contributed by atoms with Crippen LogP contribution >= 0.6 is 11.6 Å². The number of nitrogens with one attached hydrogen (secondary N) is 1. The van der Waals surface area contributed by atoms with Gasteiger partial charge in [-0.1, -0.05) is 53.6 Å². The molecular weight excluding hydrogens is 254 g/mol. The Bertz CT molecular complexity index is 563. The van der Waals surface area contributed by atoms with E-state index in [-0.39, 0.29) is 0 Å². The molecule has 0 aliphatic heterocycles. The predicted octanol–water partition coefficient (Wildman–Crippen LogP) is 4.46. The molecule has 1 unspecified atom stereocenters. The minimum Gasteiger partial charge on any atom is -0.313 e. The monoisotopic (exact) mass is 273 g/mol. The molecule has 1 N–H and O–H groups in total. The van der Waals surface area contributed by atoms with Gasteiger partial charge in [0.15, 0.2) is 0 Å². The lowest BCUT2D eigenvalue weighted by molar-refractivity contribution is 0.589. The van der Waals surface area contributed by atoms with E-state index in [0.29, 0.717) is 6.04 Å². The number of likely N-dealkylation sites (N-methyl/N-ethyl adjacent to an activating group) is 1. The van der Waals surface area contributed by atoms with Crippen molar-refractivity contribution in [2.24, 2.45) is 0 Å². The predicted molar refractivity (Wildman–Crippen MR) is 82.9 cm³/mol. The van der Waals surface area contributed by atoms with E-state index < -0.39 is 0 Å². The van der Waals surface area contributed by atoms with Crippen molar-refractivity contribution in [1.82, 2.24) is 5.32 Å². The maximum absolute atomic E-state index is 6.25. The first-order valence-electron chi connectivity index (χ1n) is 6.59. The summed E-state index contributed by atoms with van der Waals surface area (Å²) in [5.74, 6) is 0. The summed E-state index contributed by atoms with van der Waals surface area (Å²) in [6, 6.07) is 14.9. The number of rotatable bonds is 4. The van der Waals surface area contributed by atoms with Gasteiger partial charge in [0.25, 0.3) is 0 Å². The molecule has 19 heavy (non-hydrogen) atoms. The molecule has 0 amide bonds. The van der Waals surface area contributed by atoms with Gasteiger partial charge in [0, 0.05) is 11.1 Å². The van der Waals surface area contributed by atoms with Crippen LogP contribution in [0.1, 0.15) is 28.3 Å². The second kappa shape index (κ2) is 6.23. The Kier molecular flexibility index (Phi) is 4.62. The zero-order valence-corrected chi connectivity index (χ0v) is 12.5. The summed E-state index contributed by atoms with van der Waals surface area (Å²) in [4.78, 5) is 0. The van der Waals surface area contributed by atoms with E-state index in [9.17, 15) is 0 Å². The first kappa shape index (κ1) is 14.1. The Morgan fingerprint density at radius 3 is 2.47 bits per heavy atom. The van der Waals surface area contributed by atoms with Gasteiger partial charge in [0.2, 0.25) is 0 Å². The fraction of sp³-hybridized carbons (Fsp3) is 0.294. The van der Waals surface area contributed by atoms with E-state index in [2.05, 4.69) is 43.4 Å². The molecule has 2 heteroatoms. The van der Waals surface area contributed by atoms with Crippen LogP contribution in [-0.4, -0.2) is 7.05 Å². The quantitative estimate of drug-likeness (QED) is 0.867. The van der Waals surface area contributed by atoms with E-state index in [0.717, 1.165) is 11.4 Å². The van der Waals surface area contributed by atoms with Crippen molar-refractivity contribution >= 4 is 11.6 Å². The van der Waals surface area contributed by atoms with Crippen LogP contribution in [0.15, 0.2) is 42.5 Å². The molecule has 0 heterocycles. The molecule has 0 aliphatic carbocycles. The van der Waals surface area contributed by atoms with Gasteiger partial charge < -0.3 is 5.32 Å². The second-order valence-corrected chi connectivity index (χ2v) is 5.40. The molecule has 2 aromatic rings. The van der Waals surface area contributed by atoms with E-state index in [1.54, 1.807) is 0 Å². The molecule has 0 radical (unpaired) electrons. The summed E-state index contributed by atoms with van der Waals surface area (Å²) in [6.45, 7) is 4.29. The maximum atomic E-state index is 6.25. The smallest absolute Gasteiger partial charge is 0.0438 e. The van der Waals surface area contributed by atoms with Gasteiger partial charge in [-0.05, 0) is 50.1 Å². The van der Waals surface area contributed by atoms with Crippen molar-refractivity contribution in [2.75, 3.05) is 7.05 Å². The molecule has 0 saturated heterocycles. The van der Waals surface area contributed by atoms with Crippen molar-refractivity contribution in [3.8, 4) is 0 Å². The normalized spacial score (nSPS) is 12.4. The highest BCUT2D eigenvalue weighted by Gasteiger charge is 2.13. The molecule has 0 fully saturated rings. The summed E-state index contributed by atoms with van der Waals surface area (Å²) in [7, 11) is 2.00. The Morgan fingerprint density at radius 1 is 1.11 bits per heavy atom. The number of halogens is 1. The average Bonchev–Trinajstić information content (AvgIpc) is 2.39. The zero-order chi connectivity index (χ0) is 13.8. The maximum Gasteiger partial charge on any atom is 0.0438 e. The van der Waals surface area contributed by atoms with Crippen LogP contribution in [0.5, 0.6) is 0 Å². The third kappa shape index (κ3) is 3.37. The first-order chi connectivity index (χ1) is 9.11. The highest BCUT2D eigenvalue weighted by molar-refractivity contribution is 6.31. The van der Waals surface area contributed by atoms with Gasteiger partial charge in [-0.25, -0.2) is 0 Å². The van der Waals surface area contributed by atoms with Gasteiger partial charge in [0.1, 0.15) is 0 Å². The van der Waals surface area contributed by atoms with E-state index in [1.165, 1.54) is 22.3 Å². The van der Waals surface area contributed by atoms with Gasteiger partial charge in [-0.15, -0.1) is 0 Å². The summed E-state index contributed by atoms with van der Waals surface area (Å²) in [5, 5.41) is 4.24. The highest BCUT2D eigenvalue weighted by Crippen LogP contribution is 2.25. The standard InChI is InChI=1S/C17H20ClN/c1-12-8-9-15(13(2)10-12)17(19-3)11-14-6-4-5-7-16(14)18/h4-10,17,19H,11H2,1-3H3. The summed E-state index contributed by atoms with van der Waals surface area (Å²) in [6.07, 6.45) is 0.903. The average molecular weight is 274 g/mol. The Hall–Kier alpha value is -1.31. The third-order valence-electron chi connectivity index (χ3n) is 3.53. The lowest BCUT2D eigenvalue weighted by atomic mass is 9.94. The molecule has 100 valence electrons. The van der Waals surface area contributed by atoms with Crippen LogP contribution in [-0.2, 0) is 6.42 Å². The van der Waals surface area contributed by atoms with Gasteiger partial charge in [-0.3, -0.25) is 0 Å². The fourth-order valence-electron chi connectivity index (χ4n) is 2.47. The molecule has 2 aromatic carbocycles. The second-order valence-electron chi connectivity index (χ2n) is 5.00. The van der Waals surface area contributed by atoms with Gasteiger partial charge >= 0.3 is 0 Å². The summed E-state index contributed by atoms with van der Waals surface area (Å²) >= 11 is 6.25. The SMILES string of the molecule is CNC(Cc1ccccc1Cl)c1ccc(C)cc1C. The Balaban J connectivity index is 2.28. The topological polar surface area (TPSA) is 12.0 Å². The van der Waals surface area contributed by atoms with E-state index in [4.69, 9.17) is 11.6 Å². The van der Waals surface area contributed by atoms with Gasteiger partial charge in [0.05, 0.1) is 0 Å². The number of aryl methyl sites for hydroxylation is 2. The number of hydrogen-bond donors (Lipinski definition) is 1. The molecule has 0 spiro atoms. The molecule has 0 aromatic heterocycles. The molecular formula is C17H20ClN. The Morgan fingerprint density at radius 2 is 1.84 bits per heavy atom. The highest BCUT2D eigenvalue weighted by atomic mass is 35.5. The number of hydrogen-bond acceptors (Lipinski definition) is 1. The lowest BCUT2D eigenvalue weighted by Crippen LogP contribution is -2.20. The minimum atomic E-state index is 0.292. The summed E-state index contributed by atoms with van der Waals surface area (Å²) < 4.78 is 0. The lowest BCUT2D eigenvalue weighted by Gasteiger charge is -2.20. The fourth-order valence-corrected chi connectivity index (χ4v) is 2.68. The van der Waals surface area contributed by atoms with E-state index in [1.807, 2.05) is 25.2 Å². The van der Waals surface area contributed by atoms with Crippen LogP contribution in [0, 0.1) is 13.8 Å². The van der Waals surface area contributed by atoms with Crippen LogP contribution in [0.2, 0.25) is 5.02 Å². The third-order valence-corrected chi connectivity index (χ3v) is 3.90. The molecule has 0 aliphatic rings. The molecule has 0 saturated carbocycles. The minimum absolute atomic E-state index is 0.292. The molecule has 1 atom stereocenters. The Labute approximate surface area is 120 Å². The van der Waals surface area contributed by atoms with Crippen molar-refractivity contribution in [3.63, 3.8) is 0 Å². The van der Waals surface area contributed by atoms with Gasteiger partial charge in [-0.2, -0.15) is 0 Å². The largest absolute Gasteiger partial charge is 0.313 e. The first-order valence-corrected chi connectivity index (χ1v) is 6.97. The zero-order valence-electron chi connectivity index (χ0n) is 11.7. The van der Waals surface area contributed by atoms with Crippen molar-refractivity contribution in [3.05, 3.63) is 69.7 Å². The van der Waals surface area contributed by atoms with Crippen LogP contribution in [0.3, 0.4) is 0 Å². The van der Waals surface area contributed by atoms with Crippen LogP contribution in [0.4, 0.5) is 0 Å². The molecule has 2 rings (SSSR count). The van der Waals surface area contributed by atoms with Crippen LogP contribution in [0.25, 0.3) is 0 Å². The summed E-state index contributed by atoms with van der Waals surface area (Å²) in [5.41, 5.74) is 5.15. The van der Waals surface area contributed by atoms with E-state index >= 15 is 0 Å². The van der Waals surface area contributed by atoms with Crippen LogP contribution < -0.4 is 5.32 Å². The van der Waals surface area contributed by atoms with Crippen molar-refractivity contribution in [1.29, 1.82) is 0 Å². The molecule has 0 bridgehead atoms. The van der Waals surface area contributed by atoms with Crippen molar-refractivity contribution in [2.45, 2.75) is 26.3 Å². The molecule has 1 nitrogen and oxygen atoms in total. The number of benzene rings is 2.